The van der Waals surface area contributed by atoms with Gasteiger partial charge in [-0.25, -0.2) is 0 Å². The van der Waals surface area contributed by atoms with E-state index in [0.29, 0.717) is 12.0 Å². The maximum atomic E-state index is 9.04. The van der Waals surface area contributed by atoms with Gasteiger partial charge in [0, 0.05) is 24.1 Å². The highest BCUT2D eigenvalue weighted by Gasteiger charge is 2.22. The van der Waals surface area contributed by atoms with Crippen LogP contribution in [-0.2, 0) is 0 Å². The molecule has 0 saturated heterocycles. The molecule has 0 fully saturated rings. The summed E-state index contributed by atoms with van der Waals surface area (Å²) in [6.45, 7) is 3.12. The van der Waals surface area contributed by atoms with Crippen molar-refractivity contribution in [2.75, 3.05) is 18.9 Å². The molecule has 2 rings (SSSR count). The molecule has 0 saturated carbocycles. The van der Waals surface area contributed by atoms with Gasteiger partial charge in [-0.15, -0.1) is 11.8 Å². The molecule has 2 nitrogen and oxygen atoms in total. The fraction of sp³-hybridized carbons (Fsp3) is 0.538. The third-order valence-electron chi connectivity index (χ3n) is 3.05. The Hall–Kier alpha value is -0.220. The molecule has 1 heterocycles. The van der Waals surface area contributed by atoms with E-state index in [2.05, 4.69) is 11.4 Å². The second-order valence-corrected chi connectivity index (χ2v) is 6.06. The van der Waals surface area contributed by atoms with Crippen LogP contribution in [0.25, 0.3) is 0 Å². The van der Waals surface area contributed by atoms with Crippen molar-refractivity contribution >= 4 is 23.4 Å². The van der Waals surface area contributed by atoms with Crippen LogP contribution in [0.5, 0.6) is 0 Å². The maximum Gasteiger partial charge on any atom is 0.0545 e. The van der Waals surface area contributed by atoms with Crippen LogP contribution in [0.1, 0.15) is 24.9 Å². The van der Waals surface area contributed by atoms with E-state index in [1.54, 1.807) is 0 Å². The van der Waals surface area contributed by atoms with Gasteiger partial charge in [-0.1, -0.05) is 30.7 Å². The summed E-state index contributed by atoms with van der Waals surface area (Å²) in [6.07, 6.45) is 1.12. The zero-order valence-electron chi connectivity index (χ0n) is 9.95. The monoisotopic (exact) mass is 271 g/mol. The molecule has 1 aromatic carbocycles. The zero-order chi connectivity index (χ0) is 12.3. The van der Waals surface area contributed by atoms with Gasteiger partial charge >= 0.3 is 0 Å². The highest BCUT2D eigenvalue weighted by Crippen LogP contribution is 2.40. The van der Waals surface area contributed by atoms with E-state index in [0.717, 1.165) is 23.7 Å². The number of aliphatic hydroxyl groups excluding tert-OH is 1. The number of fused-ring (bicyclic) bond motifs is 1. The number of thioether (sulfide) groups is 1. The smallest absolute Gasteiger partial charge is 0.0545 e. The first kappa shape index (κ1) is 13.2. The van der Waals surface area contributed by atoms with Gasteiger partial charge in [-0.3, -0.25) is 0 Å². The van der Waals surface area contributed by atoms with Crippen molar-refractivity contribution in [2.24, 2.45) is 5.92 Å². The minimum Gasteiger partial charge on any atom is -0.396 e. The Morgan fingerprint density at radius 1 is 1.59 bits per heavy atom. The summed E-state index contributed by atoms with van der Waals surface area (Å²) < 4.78 is 0. The van der Waals surface area contributed by atoms with Crippen LogP contribution < -0.4 is 5.32 Å². The number of hydrogen-bond acceptors (Lipinski definition) is 3. The minimum atomic E-state index is 0.233. The second-order valence-electron chi connectivity index (χ2n) is 4.54. The molecule has 94 valence electrons. The molecule has 0 radical (unpaired) electrons. The van der Waals surface area contributed by atoms with E-state index >= 15 is 0 Å². The van der Waals surface area contributed by atoms with E-state index in [9.17, 15) is 0 Å². The summed E-state index contributed by atoms with van der Waals surface area (Å²) >= 11 is 8.05. The zero-order valence-corrected chi connectivity index (χ0v) is 11.5. The van der Waals surface area contributed by atoms with Crippen molar-refractivity contribution in [2.45, 2.75) is 24.3 Å². The van der Waals surface area contributed by atoms with Crippen LogP contribution in [0, 0.1) is 5.92 Å². The van der Waals surface area contributed by atoms with E-state index in [4.69, 9.17) is 16.7 Å². The van der Waals surface area contributed by atoms with Crippen LogP contribution >= 0.6 is 23.4 Å². The number of rotatable bonds is 4. The standard InChI is InChI=1S/C13H18ClNOS/c1-9(8-16)7-15-12-5-6-17-13-10(12)3-2-4-11(13)14/h2-4,9,12,15-16H,5-8H2,1H3. The SMILES string of the molecule is CC(CO)CNC1CCSc2c(Cl)cccc21. The van der Waals surface area contributed by atoms with E-state index in [1.807, 2.05) is 30.8 Å². The molecule has 0 aliphatic carbocycles. The Morgan fingerprint density at radius 3 is 3.18 bits per heavy atom. The number of hydrogen-bond donors (Lipinski definition) is 2. The third-order valence-corrected chi connectivity index (χ3v) is 4.66. The Kier molecular flexibility index (Phi) is 4.74. The summed E-state index contributed by atoms with van der Waals surface area (Å²) in [4.78, 5) is 1.22. The first-order valence-corrected chi connectivity index (χ1v) is 7.34. The lowest BCUT2D eigenvalue weighted by Crippen LogP contribution is -2.29. The van der Waals surface area contributed by atoms with Crippen LogP contribution in [0.15, 0.2) is 23.1 Å². The maximum absolute atomic E-state index is 9.04. The average molecular weight is 272 g/mol. The minimum absolute atomic E-state index is 0.233. The van der Waals surface area contributed by atoms with Crippen LogP contribution in [0.4, 0.5) is 0 Å². The van der Waals surface area contributed by atoms with Crippen LogP contribution in [0.2, 0.25) is 5.02 Å². The Labute approximate surface area is 112 Å². The van der Waals surface area contributed by atoms with Gasteiger partial charge in [0.2, 0.25) is 0 Å². The van der Waals surface area contributed by atoms with Crippen molar-refractivity contribution < 1.29 is 5.11 Å². The summed E-state index contributed by atoms with van der Waals surface area (Å²) in [5.41, 5.74) is 1.30. The lowest BCUT2D eigenvalue weighted by Gasteiger charge is -2.27. The molecule has 1 aliphatic heterocycles. The molecule has 2 N–H and O–H groups in total. The normalized spacial score (nSPS) is 21.0. The highest BCUT2D eigenvalue weighted by atomic mass is 35.5. The molecule has 0 bridgehead atoms. The number of aliphatic hydroxyl groups is 1. The van der Waals surface area contributed by atoms with E-state index in [-0.39, 0.29) is 6.61 Å². The first-order valence-electron chi connectivity index (χ1n) is 5.98. The molecule has 17 heavy (non-hydrogen) atoms. The molecule has 1 aliphatic rings. The highest BCUT2D eigenvalue weighted by molar-refractivity contribution is 7.99. The van der Waals surface area contributed by atoms with Crippen LogP contribution in [0.3, 0.4) is 0 Å². The summed E-state index contributed by atoms with van der Waals surface area (Å²) in [7, 11) is 0. The lowest BCUT2D eigenvalue weighted by atomic mass is 10.0. The van der Waals surface area contributed by atoms with Crippen molar-refractivity contribution in [3.05, 3.63) is 28.8 Å². The van der Waals surface area contributed by atoms with Crippen molar-refractivity contribution in [3.63, 3.8) is 0 Å². The lowest BCUT2D eigenvalue weighted by molar-refractivity contribution is 0.229. The average Bonchev–Trinajstić information content (AvgIpc) is 2.36. The fourth-order valence-electron chi connectivity index (χ4n) is 2.01. The molecular weight excluding hydrogens is 254 g/mol. The summed E-state index contributed by atoms with van der Waals surface area (Å²) in [5.74, 6) is 1.40. The molecule has 0 aromatic heterocycles. The summed E-state index contributed by atoms with van der Waals surface area (Å²) in [6, 6.07) is 6.48. The van der Waals surface area contributed by atoms with Gasteiger partial charge in [0.1, 0.15) is 0 Å². The number of benzene rings is 1. The summed E-state index contributed by atoms with van der Waals surface area (Å²) in [5, 5.41) is 13.4. The number of halogens is 1. The predicted molar refractivity (Wildman–Crippen MR) is 73.8 cm³/mol. The van der Waals surface area contributed by atoms with Gasteiger partial charge in [0.25, 0.3) is 0 Å². The van der Waals surface area contributed by atoms with Gasteiger partial charge in [-0.2, -0.15) is 0 Å². The van der Waals surface area contributed by atoms with Crippen molar-refractivity contribution in [1.29, 1.82) is 0 Å². The quantitative estimate of drug-likeness (QED) is 0.883. The second kappa shape index (κ2) is 6.10. The Morgan fingerprint density at radius 2 is 2.41 bits per heavy atom. The molecule has 0 amide bonds. The molecule has 4 heteroatoms. The fourth-order valence-corrected chi connectivity index (χ4v) is 3.49. The third kappa shape index (κ3) is 3.16. The molecule has 0 spiro atoms. The molecule has 1 aromatic rings. The van der Waals surface area contributed by atoms with Gasteiger partial charge in [0.05, 0.1) is 5.02 Å². The van der Waals surface area contributed by atoms with Crippen LogP contribution in [-0.4, -0.2) is 24.0 Å². The molecule has 2 atom stereocenters. The Bertz CT molecular complexity index is 386. The van der Waals surface area contributed by atoms with Gasteiger partial charge in [0.15, 0.2) is 0 Å². The topological polar surface area (TPSA) is 32.3 Å². The Balaban J connectivity index is 2.09. The van der Waals surface area contributed by atoms with E-state index < -0.39 is 0 Å². The number of nitrogens with one attached hydrogen (secondary N) is 1. The largest absolute Gasteiger partial charge is 0.396 e. The molecule has 2 unspecified atom stereocenters. The van der Waals surface area contributed by atoms with Gasteiger partial charge in [-0.05, 0) is 29.7 Å². The van der Waals surface area contributed by atoms with Crippen molar-refractivity contribution in [1.82, 2.24) is 5.32 Å². The molecular formula is C13H18ClNOS. The predicted octanol–water partition coefficient (Wildman–Crippen LogP) is 3.09. The van der Waals surface area contributed by atoms with E-state index in [1.165, 1.54) is 10.5 Å². The first-order chi connectivity index (χ1) is 8.22. The van der Waals surface area contributed by atoms with Gasteiger partial charge < -0.3 is 10.4 Å². The van der Waals surface area contributed by atoms with Crippen molar-refractivity contribution in [3.8, 4) is 0 Å².